The Labute approximate surface area is 99.4 Å². The molecule has 1 aromatic carbocycles. The minimum Gasteiger partial charge on any atom is -0.302 e. The summed E-state index contributed by atoms with van der Waals surface area (Å²) in [5.41, 5.74) is 1.01. The lowest BCUT2D eigenvalue weighted by atomic mass is 10.2. The third kappa shape index (κ3) is 3.92. The first kappa shape index (κ1) is 12.7. The van der Waals surface area contributed by atoms with Gasteiger partial charge in [-0.05, 0) is 47.6 Å². The third-order valence-corrected chi connectivity index (χ3v) is 3.25. The van der Waals surface area contributed by atoms with Crippen molar-refractivity contribution in [3.63, 3.8) is 0 Å². The van der Waals surface area contributed by atoms with Gasteiger partial charge in [-0.25, -0.2) is 4.39 Å². The monoisotopic (exact) mass is 273 g/mol. The highest BCUT2D eigenvalue weighted by molar-refractivity contribution is 9.10. The normalized spacial score (nSPS) is 11.0. The fourth-order valence-corrected chi connectivity index (χ4v) is 1.86. The van der Waals surface area contributed by atoms with Gasteiger partial charge < -0.3 is 4.90 Å². The smallest absolute Gasteiger partial charge is 0.137 e. The molecule has 0 atom stereocenters. The average molecular weight is 274 g/mol. The van der Waals surface area contributed by atoms with Gasteiger partial charge in [-0.3, -0.25) is 0 Å². The van der Waals surface area contributed by atoms with Crippen LogP contribution in [0.5, 0.6) is 0 Å². The fourth-order valence-electron chi connectivity index (χ4n) is 1.47. The lowest BCUT2D eigenvalue weighted by Gasteiger charge is -2.17. The molecular formula is C12H17BrFN. The van der Waals surface area contributed by atoms with Crippen LogP contribution in [0.15, 0.2) is 22.7 Å². The quantitative estimate of drug-likeness (QED) is 0.789. The van der Waals surface area contributed by atoms with E-state index in [2.05, 4.69) is 34.8 Å². The molecule has 0 radical (unpaired) electrons. The summed E-state index contributed by atoms with van der Waals surface area (Å²) in [5.74, 6) is -0.184. The van der Waals surface area contributed by atoms with E-state index in [1.165, 1.54) is 18.9 Å². The highest BCUT2D eigenvalue weighted by Crippen LogP contribution is 2.21. The maximum Gasteiger partial charge on any atom is 0.137 e. The molecule has 0 aliphatic carbocycles. The van der Waals surface area contributed by atoms with Crippen molar-refractivity contribution in [2.75, 3.05) is 13.6 Å². The first-order chi connectivity index (χ1) is 7.15. The summed E-state index contributed by atoms with van der Waals surface area (Å²) in [6.07, 6.45) is 2.37. The van der Waals surface area contributed by atoms with Gasteiger partial charge in [0, 0.05) is 6.54 Å². The molecule has 0 aliphatic rings. The second-order valence-corrected chi connectivity index (χ2v) is 4.60. The summed E-state index contributed by atoms with van der Waals surface area (Å²) < 4.78 is 13.8. The molecule has 15 heavy (non-hydrogen) atoms. The molecule has 3 heteroatoms. The lowest BCUT2D eigenvalue weighted by molar-refractivity contribution is 0.319. The minimum absolute atomic E-state index is 0.184. The summed E-state index contributed by atoms with van der Waals surface area (Å²) in [6, 6.07) is 5.18. The van der Waals surface area contributed by atoms with Crippen molar-refractivity contribution in [3.05, 3.63) is 34.1 Å². The topological polar surface area (TPSA) is 3.24 Å². The molecule has 0 fully saturated rings. The Bertz CT molecular complexity index is 314. The van der Waals surface area contributed by atoms with Gasteiger partial charge in [0.25, 0.3) is 0 Å². The number of rotatable bonds is 5. The predicted molar refractivity (Wildman–Crippen MR) is 65.3 cm³/mol. The number of hydrogen-bond donors (Lipinski definition) is 0. The van der Waals surface area contributed by atoms with E-state index in [0.29, 0.717) is 4.47 Å². The van der Waals surface area contributed by atoms with Crippen LogP contribution < -0.4 is 0 Å². The van der Waals surface area contributed by atoms with E-state index in [-0.39, 0.29) is 5.82 Å². The zero-order chi connectivity index (χ0) is 11.3. The van der Waals surface area contributed by atoms with Crippen LogP contribution in [0, 0.1) is 5.82 Å². The highest BCUT2D eigenvalue weighted by atomic mass is 79.9. The zero-order valence-corrected chi connectivity index (χ0v) is 10.8. The Morgan fingerprint density at radius 1 is 1.40 bits per heavy atom. The van der Waals surface area contributed by atoms with Crippen LogP contribution in [0.2, 0.25) is 0 Å². The molecule has 0 saturated heterocycles. The van der Waals surface area contributed by atoms with Crippen molar-refractivity contribution < 1.29 is 4.39 Å². The van der Waals surface area contributed by atoms with Crippen molar-refractivity contribution >= 4 is 15.9 Å². The predicted octanol–water partition coefficient (Wildman–Crippen LogP) is 3.82. The van der Waals surface area contributed by atoms with E-state index in [1.807, 2.05) is 6.07 Å². The van der Waals surface area contributed by atoms with Crippen LogP contribution in [0.25, 0.3) is 0 Å². The lowest BCUT2D eigenvalue weighted by Crippen LogP contribution is -2.19. The first-order valence-corrected chi connectivity index (χ1v) is 6.06. The first-order valence-electron chi connectivity index (χ1n) is 5.26. The molecule has 0 unspecified atom stereocenters. The van der Waals surface area contributed by atoms with E-state index >= 15 is 0 Å². The van der Waals surface area contributed by atoms with Gasteiger partial charge >= 0.3 is 0 Å². The van der Waals surface area contributed by atoms with Gasteiger partial charge in [0.1, 0.15) is 5.82 Å². The van der Waals surface area contributed by atoms with Crippen LogP contribution in [0.1, 0.15) is 25.3 Å². The fraction of sp³-hybridized carbons (Fsp3) is 0.500. The molecule has 0 bridgehead atoms. The Balaban J connectivity index is 2.60. The van der Waals surface area contributed by atoms with Crippen molar-refractivity contribution in [1.82, 2.24) is 4.90 Å². The van der Waals surface area contributed by atoms with Crippen molar-refractivity contribution in [1.29, 1.82) is 0 Å². The van der Waals surface area contributed by atoms with Crippen LogP contribution in [-0.2, 0) is 6.54 Å². The van der Waals surface area contributed by atoms with Crippen LogP contribution in [0.4, 0.5) is 4.39 Å². The van der Waals surface area contributed by atoms with Gasteiger partial charge in [-0.2, -0.15) is 0 Å². The molecule has 0 spiro atoms. The molecule has 84 valence electrons. The maximum atomic E-state index is 13.2. The molecule has 0 aliphatic heterocycles. The Kier molecular flexibility index (Phi) is 5.26. The molecule has 0 heterocycles. The third-order valence-electron chi connectivity index (χ3n) is 2.37. The summed E-state index contributed by atoms with van der Waals surface area (Å²) >= 11 is 3.28. The average Bonchev–Trinajstić information content (AvgIpc) is 2.22. The number of hydrogen-bond acceptors (Lipinski definition) is 1. The summed E-state index contributed by atoms with van der Waals surface area (Å²) in [5, 5.41) is 0. The van der Waals surface area contributed by atoms with E-state index in [1.54, 1.807) is 6.07 Å². The highest BCUT2D eigenvalue weighted by Gasteiger charge is 2.07. The van der Waals surface area contributed by atoms with E-state index in [0.717, 1.165) is 18.7 Å². The van der Waals surface area contributed by atoms with Crippen molar-refractivity contribution in [3.8, 4) is 0 Å². The summed E-state index contributed by atoms with van der Waals surface area (Å²) in [6.45, 7) is 4.02. The van der Waals surface area contributed by atoms with Gasteiger partial charge in [-0.15, -0.1) is 0 Å². The second-order valence-electron chi connectivity index (χ2n) is 3.80. The Morgan fingerprint density at radius 3 is 2.80 bits per heavy atom. The Morgan fingerprint density at radius 2 is 2.13 bits per heavy atom. The number of halogens is 2. The molecular weight excluding hydrogens is 257 g/mol. The molecule has 0 N–H and O–H groups in total. The largest absolute Gasteiger partial charge is 0.302 e. The van der Waals surface area contributed by atoms with Gasteiger partial charge in [0.15, 0.2) is 0 Å². The summed E-state index contributed by atoms with van der Waals surface area (Å²) in [4.78, 5) is 2.21. The second kappa shape index (κ2) is 6.23. The molecule has 1 aromatic rings. The molecule has 1 rings (SSSR count). The van der Waals surface area contributed by atoms with Gasteiger partial charge in [0.2, 0.25) is 0 Å². The minimum atomic E-state index is -0.184. The van der Waals surface area contributed by atoms with Crippen LogP contribution in [-0.4, -0.2) is 18.5 Å². The van der Waals surface area contributed by atoms with Crippen LogP contribution >= 0.6 is 15.9 Å². The zero-order valence-electron chi connectivity index (χ0n) is 9.26. The molecule has 0 amide bonds. The molecule has 0 saturated carbocycles. The van der Waals surface area contributed by atoms with Gasteiger partial charge in [0.05, 0.1) is 4.47 Å². The van der Waals surface area contributed by atoms with Gasteiger partial charge in [-0.1, -0.05) is 25.5 Å². The molecule has 0 aromatic heterocycles. The van der Waals surface area contributed by atoms with Crippen LogP contribution in [0.3, 0.4) is 0 Å². The number of benzene rings is 1. The van der Waals surface area contributed by atoms with E-state index < -0.39 is 0 Å². The van der Waals surface area contributed by atoms with E-state index in [4.69, 9.17) is 0 Å². The summed E-state index contributed by atoms with van der Waals surface area (Å²) in [7, 11) is 2.06. The standard InChI is InChI=1S/C12H17BrFN/c1-3-4-8-15(2)9-10-6-5-7-11(14)12(10)13/h5-7H,3-4,8-9H2,1-2H3. The molecule has 1 nitrogen and oxygen atoms in total. The number of unbranched alkanes of at least 4 members (excludes halogenated alkanes) is 1. The van der Waals surface area contributed by atoms with E-state index in [9.17, 15) is 4.39 Å². The van der Waals surface area contributed by atoms with Crippen molar-refractivity contribution in [2.45, 2.75) is 26.3 Å². The maximum absolute atomic E-state index is 13.2. The SMILES string of the molecule is CCCCN(C)Cc1cccc(F)c1Br. The Hall–Kier alpha value is -0.410. The van der Waals surface area contributed by atoms with Crippen molar-refractivity contribution in [2.24, 2.45) is 0 Å². The number of nitrogens with zero attached hydrogens (tertiary/aromatic N) is 1.